The lowest BCUT2D eigenvalue weighted by molar-refractivity contribution is -0.105. The van der Waals surface area contributed by atoms with Crippen LogP contribution in [0.5, 0.6) is 0 Å². The minimum Gasteiger partial charge on any atom is -0.393 e. The van der Waals surface area contributed by atoms with E-state index in [0.717, 1.165) is 23.7 Å². The molecular weight excluding hydrogens is 208 g/mol. The fourth-order valence-electron chi connectivity index (χ4n) is 6.14. The second kappa shape index (κ2) is 3.98. The molecule has 1 heteroatoms. The lowest BCUT2D eigenvalue weighted by Gasteiger charge is -2.56. The third-order valence-corrected chi connectivity index (χ3v) is 6.58. The van der Waals surface area contributed by atoms with E-state index in [-0.39, 0.29) is 6.10 Å². The molecule has 96 valence electrons. The highest BCUT2D eigenvalue weighted by atomic mass is 16.3. The van der Waals surface area contributed by atoms with Crippen molar-refractivity contribution in [2.45, 2.75) is 63.9 Å². The van der Waals surface area contributed by atoms with Gasteiger partial charge in [-0.3, -0.25) is 0 Å². The first-order valence-electron chi connectivity index (χ1n) is 7.99. The Kier molecular flexibility index (Phi) is 2.54. The predicted molar refractivity (Wildman–Crippen MR) is 68.5 cm³/mol. The summed E-state index contributed by atoms with van der Waals surface area (Å²) in [5.74, 6) is 5.26. The highest BCUT2D eigenvalue weighted by Gasteiger charge is 2.51. The van der Waals surface area contributed by atoms with Gasteiger partial charge in [0.2, 0.25) is 0 Å². The van der Waals surface area contributed by atoms with Crippen LogP contribution in [-0.2, 0) is 0 Å². The Morgan fingerprint density at radius 1 is 0.765 bits per heavy atom. The zero-order valence-corrected chi connectivity index (χ0v) is 10.9. The predicted octanol–water partition coefficient (Wildman–Crippen LogP) is 3.61. The van der Waals surface area contributed by atoms with Crippen molar-refractivity contribution in [1.29, 1.82) is 0 Å². The number of aliphatic hydroxyl groups is 1. The molecule has 1 atom stereocenters. The molecule has 1 N–H and O–H groups in total. The number of rotatable bonds is 2. The van der Waals surface area contributed by atoms with Gasteiger partial charge in [0.1, 0.15) is 0 Å². The minimum absolute atomic E-state index is 0.0625. The van der Waals surface area contributed by atoms with E-state index in [1.807, 2.05) is 0 Å². The molecule has 0 radical (unpaired) electrons. The first kappa shape index (κ1) is 10.8. The molecule has 0 saturated heterocycles. The van der Waals surface area contributed by atoms with Crippen LogP contribution in [0.3, 0.4) is 0 Å². The van der Waals surface area contributed by atoms with Crippen molar-refractivity contribution in [3.05, 3.63) is 0 Å². The summed E-state index contributed by atoms with van der Waals surface area (Å²) >= 11 is 0. The molecule has 1 nitrogen and oxygen atoms in total. The zero-order valence-electron chi connectivity index (χ0n) is 10.9. The van der Waals surface area contributed by atoms with E-state index < -0.39 is 0 Å². The number of hydrogen-bond donors (Lipinski definition) is 1. The Morgan fingerprint density at radius 3 is 1.82 bits per heavy atom. The minimum atomic E-state index is 0.0625. The topological polar surface area (TPSA) is 20.2 Å². The molecule has 5 saturated carbocycles. The molecule has 0 aliphatic heterocycles. The molecule has 1 unspecified atom stereocenters. The van der Waals surface area contributed by atoms with E-state index in [4.69, 9.17) is 0 Å². The van der Waals surface area contributed by atoms with Crippen LogP contribution in [-0.4, -0.2) is 11.2 Å². The molecule has 5 aliphatic carbocycles. The largest absolute Gasteiger partial charge is 0.393 e. The van der Waals surface area contributed by atoms with Gasteiger partial charge in [-0.15, -0.1) is 0 Å². The molecule has 5 fully saturated rings. The molecule has 0 amide bonds. The molecule has 0 aromatic rings. The van der Waals surface area contributed by atoms with Gasteiger partial charge >= 0.3 is 0 Å². The van der Waals surface area contributed by atoms with Crippen molar-refractivity contribution < 1.29 is 5.11 Å². The Labute approximate surface area is 105 Å². The quantitative estimate of drug-likeness (QED) is 0.774. The smallest absolute Gasteiger partial charge is 0.0601 e. The summed E-state index contributed by atoms with van der Waals surface area (Å²) in [6.45, 7) is 0. The summed E-state index contributed by atoms with van der Waals surface area (Å²) in [4.78, 5) is 0. The summed E-state index contributed by atoms with van der Waals surface area (Å²) in [5.41, 5.74) is 0. The van der Waals surface area contributed by atoms with Crippen molar-refractivity contribution >= 4 is 0 Å². The SMILES string of the molecule is OC(C1CCCC1)C1C2CC3CC(C2)CC1C3. The van der Waals surface area contributed by atoms with E-state index in [9.17, 15) is 5.11 Å². The Morgan fingerprint density at radius 2 is 1.29 bits per heavy atom. The van der Waals surface area contributed by atoms with Crippen LogP contribution in [0, 0.1) is 35.5 Å². The maximum atomic E-state index is 10.8. The van der Waals surface area contributed by atoms with Crippen LogP contribution in [0.2, 0.25) is 0 Å². The first-order chi connectivity index (χ1) is 8.31. The molecule has 17 heavy (non-hydrogen) atoms. The van der Waals surface area contributed by atoms with Gasteiger partial charge in [-0.2, -0.15) is 0 Å². The second-order valence-electron chi connectivity index (χ2n) is 7.54. The fourth-order valence-corrected chi connectivity index (χ4v) is 6.14. The number of hydrogen-bond acceptors (Lipinski definition) is 1. The summed E-state index contributed by atoms with van der Waals surface area (Å²) in [7, 11) is 0. The highest BCUT2D eigenvalue weighted by Crippen LogP contribution is 2.58. The van der Waals surface area contributed by atoms with E-state index in [1.54, 1.807) is 0 Å². The Balaban J connectivity index is 1.53. The highest BCUT2D eigenvalue weighted by molar-refractivity contribution is 5.01. The lowest BCUT2D eigenvalue weighted by atomic mass is 9.50. The van der Waals surface area contributed by atoms with Gasteiger partial charge in [0, 0.05) is 0 Å². The zero-order chi connectivity index (χ0) is 11.4. The van der Waals surface area contributed by atoms with Gasteiger partial charge in [0.15, 0.2) is 0 Å². The van der Waals surface area contributed by atoms with Crippen molar-refractivity contribution in [3.63, 3.8) is 0 Å². The van der Waals surface area contributed by atoms with E-state index in [0.29, 0.717) is 11.8 Å². The van der Waals surface area contributed by atoms with Crippen LogP contribution in [0.1, 0.15) is 57.8 Å². The normalized spacial score (nSPS) is 51.0. The van der Waals surface area contributed by atoms with Gasteiger partial charge in [-0.1, -0.05) is 12.8 Å². The Bertz CT molecular complexity index is 264. The van der Waals surface area contributed by atoms with Gasteiger partial charge in [0.25, 0.3) is 0 Å². The van der Waals surface area contributed by atoms with Crippen LogP contribution in [0.4, 0.5) is 0 Å². The summed E-state index contributed by atoms with van der Waals surface area (Å²) in [6.07, 6.45) is 12.8. The third kappa shape index (κ3) is 1.69. The van der Waals surface area contributed by atoms with Crippen LogP contribution in [0.25, 0.3) is 0 Å². The second-order valence-corrected chi connectivity index (χ2v) is 7.54. The molecule has 5 aliphatic rings. The molecular formula is C16H26O. The van der Waals surface area contributed by atoms with Crippen molar-refractivity contribution in [2.24, 2.45) is 35.5 Å². The maximum absolute atomic E-state index is 10.8. The fraction of sp³-hybridized carbons (Fsp3) is 1.00. The van der Waals surface area contributed by atoms with Crippen LogP contribution in [0.15, 0.2) is 0 Å². The lowest BCUT2D eigenvalue weighted by Crippen LogP contribution is -2.50. The molecule has 4 bridgehead atoms. The number of aliphatic hydroxyl groups excluding tert-OH is 1. The molecule has 5 rings (SSSR count). The first-order valence-corrected chi connectivity index (χ1v) is 7.99. The van der Waals surface area contributed by atoms with Crippen LogP contribution < -0.4 is 0 Å². The monoisotopic (exact) mass is 234 g/mol. The van der Waals surface area contributed by atoms with Gasteiger partial charge in [-0.05, 0) is 80.5 Å². The van der Waals surface area contributed by atoms with Gasteiger partial charge in [-0.25, -0.2) is 0 Å². The third-order valence-electron chi connectivity index (χ3n) is 6.58. The summed E-state index contributed by atoms with van der Waals surface area (Å²) < 4.78 is 0. The Hall–Kier alpha value is -0.0400. The van der Waals surface area contributed by atoms with Crippen molar-refractivity contribution in [1.82, 2.24) is 0 Å². The van der Waals surface area contributed by atoms with Crippen LogP contribution >= 0.6 is 0 Å². The van der Waals surface area contributed by atoms with Crippen molar-refractivity contribution in [2.75, 3.05) is 0 Å². The molecule has 0 aromatic heterocycles. The van der Waals surface area contributed by atoms with E-state index in [2.05, 4.69) is 0 Å². The van der Waals surface area contributed by atoms with Gasteiger partial charge < -0.3 is 5.11 Å². The standard InChI is InChI=1S/C16H26O/c17-16(12-3-1-2-4-12)15-13-6-10-5-11(8-13)9-14(15)7-10/h10-17H,1-9H2. The summed E-state index contributed by atoms with van der Waals surface area (Å²) in [6, 6.07) is 0. The van der Waals surface area contributed by atoms with E-state index >= 15 is 0 Å². The molecule has 0 spiro atoms. The summed E-state index contributed by atoms with van der Waals surface area (Å²) in [5, 5.41) is 10.8. The molecule has 0 heterocycles. The average molecular weight is 234 g/mol. The van der Waals surface area contributed by atoms with E-state index in [1.165, 1.54) is 57.8 Å². The van der Waals surface area contributed by atoms with Crippen molar-refractivity contribution in [3.8, 4) is 0 Å². The average Bonchev–Trinajstić information content (AvgIpc) is 2.80. The molecule has 0 aromatic carbocycles. The maximum Gasteiger partial charge on any atom is 0.0601 e. The van der Waals surface area contributed by atoms with Gasteiger partial charge in [0.05, 0.1) is 6.10 Å².